The van der Waals surface area contributed by atoms with Crippen LogP contribution in [0.5, 0.6) is 0 Å². The highest BCUT2D eigenvalue weighted by Gasteiger charge is 2.48. The molecular weight excluding hydrogens is 298 g/mol. The molecule has 0 unspecified atom stereocenters. The summed E-state index contributed by atoms with van der Waals surface area (Å²) in [7, 11) is 0. The van der Waals surface area contributed by atoms with Crippen molar-refractivity contribution < 1.29 is 23.9 Å². The van der Waals surface area contributed by atoms with Crippen LogP contribution in [0.25, 0.3) is 0 Å². The van der Waals surface area contributed by atoms with Gasteiger partial charge in [0.15, 0.2) is 6.73 Å². The normalized spacial score (nSPS) is 27.3. The van der Waals surface area contributed by atoms with E-state index in [2.05, 4.69) is 13.5 Å². The largest absolute Gasteiger partial charge is 0.533 e. The average molecular weight is 325 g/mol. The first-order valence-corrected chi connectivity index (χ1v) is 8.51. The van der Waals surface area contributed by atoms with Crippen LogP contribution in [0.4, 0.5) is 4.79 Å². The molecule has 2 aliphatic rings. The Kier molecular flexibility index (Phi) is 6.89. The van der Waals surface area contributed by atoms with Gasteiger partial charge in [0.2, 0.25) is 0 Å². The second-order valence-corrected chi connectivity index (χ2v) is 6.21. The van der Waals surface area contributed by atoms with E-state index < -0.39 is 6.16 Å². The lowest BCUT2D eigenvalue weighted by atomic mass is 10.1. The Hall–Kier alpha value is -1.56. The van der Waals surface area contributed by atoms with E-state index in [-0.39, 0.29) is 12.6 Å². The molecular formula is C17H27NO5. The lowest BCUT2D eigenvalue weighted by molar-refractivity contribution is -0.190. The van der Waals surface area contributed by atoms with Crippen LogP contribution in [0.1, 0.15) is 45.4 Å². The van der Waals surface area contributed by atoms with Crippen molar-refractivity contribution in [3.63, 3.8) is 0 Å². The molecule has 6 nitrogen and oxygen atoms in total. The minimum absolute atomic E-state index is 0.0300. The van der Waals surface area contributed by atoms with Gasteiger partial charge in [-0.3, -0.25) is 4.79 Å². The first-order chi connectivity index (χ1) is 11.2. The fourth-order valence-corrected chi connectivity index (χ4v) is 3.30. The van der Waals surface area contributed by atoms with E-state index in [9.17, 15) is 9.59 Å². The second-order valence-electron chi connectivity index (χ2n) is 6.21. The van der Waals surface area contributed by atoms with Gasteiger partial charge in [-0.05, 0) is 37.0 Å². The number of allylic oxidation sites excluding steroid dienone is 1. The summed E-state index contributed by atoms with van der Waals surface area (Å²) >= 11 is 0. The number of hydroxylamine groups is 2. The van der Waals surface area contributed by atoms with Crippen molar-refractivity contribution in [1.82, 2.24) is 5.06 Å². The van der Waals surface area contributed by atoms with Gasteiger partial charge in [-0.1, -0.05) is 25.8 Å². The number of hydrogen-bond donors (Lipinski definition) is 0. The third kappa shape index (κ3) is 5.23. The van der Waals surface area contributed by atoms with Crippen LogP contribution in [0, 0.1) is 17.8 Å². The van der Waals surface area contributed by atoms with E-state index in [4.69, 9.17) is 14.3 Å². The summed E-state index contributed by atoms with van der Waals surface area (Å²) < 4.78 is 10.4. The summed E-state index contributed by atoms with van der Waals surface area (Å²) in [5.74, 6) is 1.37. The van der Waals surface area contributed by atoms with Gasteiger partial charge >= 0.3 is 6.16 Å². The van der Waals surface area contributed by atoms with Gasteiger partial charge in [0.1, 0.15) is 0 Å². The van der Waals surface area contributed by atoms with Crippen LogP contribution < -0.4 is 0 Å². The maximum Gasteiger partial charge on any atom is 0.533 e. The molecule has 1 aliphatic carbocycles. The SMILES string of the molecule is C=CCC[C@@H]1[C@H](CCC)[C@@H]1COC(=O)ON1COCCCC1=O. The van der Waals surface area contributed by atoms with Crippen molar-refractivity contribution in [2.75, 3.05) is 19.9 Å². The predicted octanol–water partition coefficient (Wildman–Crippen LogP) is 3.28. The number of rotatable bonds is 8. The lowest BCUT2D eigenvalue weighted by Crippen LogP contribution is -2.34. The van der Waals surface area contributed by atoms with Crippen molar-refractivity contribution in [1.29, 1.82) is 0 Å². The Bertz CT molecular complexity index is 425. The van der Waals surface area contributed by atoms with Crippen LogP contribution in [0.15, 0.2) is 12.7 Å². The molecule has 0 aromatic heterocycles. The van der Waals surface area contributed by atoms with E-state index >= 15 is 0 Å². The van der Waals surface area contributed by atoms with Crippen molar-refractivity contribution in [3.8, 4) is 0 Å². The van der Waals surface area contributed by atoms with Gasteiger partial charge in [-0.15, -0.1) is 11.6 Å². The third-order valence-electron chi connectivity index (χ3n) is 4.58. The Labute approximate surface area is 137 Å². The van der Waals surface area contributed by atoms with Gasteiger partial charge in [0, 0.05) is 13.0 Å². The molecule has 1 amide bonds. The van der Waals surface area contributed by atoms with E-state index in [1.165, 1.54) is 0 Å². The van der Waals surface area contributed by atoms with Crippen LogP contribution in [0.2, 0.25) is 0 Å². The van der Waals surface area contributed by atoms with E-state index in [0.717, 1.165) is 30.7 Å². The first-order valence-electron chi connectivity index (χ1n) is 8.51. The summed E-state index contributed by atoms with van der Waals surface area (Å²) in [6.45, 7) is 6.74. The molecule has 0 spiro atoms. The molecule has 1 saturated heterocycles. The zero-order valence-corrected chi connectivity index (χ0v) is 13.9. The number of amides is 1. The van der Waals surface area contributed by atoms with Gasteiger partial charge < -0.3 is 14.3 Å². The zero-order valence-electron chi connectivity index (χ0n) is 13.9. The van der Waals surface area contributed by atoms with Crippen molar-refractivity contribution >= 4 is 12.1 Å². The molecule has 1 saturated carbocycles. The highest BCUT2D eigenvalue weighted by atomic mass is 16.8. The van der Waals surface area contributed by atoms with E-state index in [1.807, 2.05) is 6.08 Å². The number of carbonyl (C=O) groups is 2. The highest BCUT2D eigenvalue weighted by molar-refractivity contribution is 5.76. The van der Waals surface area contributed by atoms with E-state index in [1.54, 1.807) is 0 Å². The van der Waals surface area contributed by atoms with Gasteiger partial charge in [0.05, 0.1) is 6.61 Å². The predicted molar refractivity (Wildman–Crippen MR) is 84.1 cm³/mol. The van der Waals surface area contributed by atoms with Gasteiger partial charge in [-0.2, -0.15) is 0 Å². The zero-order chi connectivity index (χ0) is 16.7. The van der Waals surface area contributed by atoms with Gasteiger partial charge in [0.25, 0.3) is 5.91 Å². The summed E-state index contributed by atoms with van der Waals surface area (Å²) in [4.78, 5) is 28.4. The molecule has 2 fully saturated rings. The Morgan fingerprint density at radius 2 is 2.17 bits per heavy atom. The monoisotopic (exact) mass is 325 g/mol. The average Bonchev–Trinajstić information content (AvgIpc) is 3.24. The van der Waals surface area contributed by atoms with Crippen molar-refractivity contribution in [3.05, 3.63) is 12.7 Å². The molecule has 0 radical (unpaired) electrons. The molecule has 0 aromatic rings. The number of carbonyl (C=O) groups excluding carboxylic acids is 2. The summed E-state index contributed by atoms with van der Waals surface area (Å²) in [6, 6.07) is 0. The fraction of sp³-hybridized carbons (Fsp3) is 0.765. The van der Waals surface area contributed by atoms with Crippen LogP contribution in [-0.2, 0) is 19.1 Å². The number of nitrogens with zero attached hydrogens (tertiary/aromatic N) is 1. The maximum atomic E-state index is 11.8. The number of hydrogen-bond acceptors (Lipinski definition) is 5. The minimum atomic E-state index is -0.825. The fourth-order valence-electron chi connectivity index (χ4n) is 3.30. The molecule has 0 bridgehead atoms. The smallest absolute Gasteiger partial charge is 0.432 e. The number of ether oxygens (including phenoxy) is 2. The standard InChI is InChI=1S/C17H27NO5/c1-3-5-8-14-13(7-4-2)15(14)11-22-17(20)23-18-12-21-10-6-9-16(18)19/h3,13-15H,1,4-12H2,2H3/t13-,14+,15-/m0/s1. The molecule has 0 aromatic carbocycles. The molecule has 6 heteroatoms. The van der Waals surface area contributed by atoms with Gasteiger partial charge in [-0.25, -0.2) is 4.79 Å². The molecule has 3 atom stereocenters. The van der Waals surface area contributed by atoms with E-state index in [0.29, 0.717) is 43.8 Å². The summed E-state index contributed by atoms with van der Waals surface area (Å²) in [6.07, 6.45) is 6.43. The Morgan fingerprint density at radius 1 is 1.39 bits per heavy atom. The quantitative estimate of drug-likeness (QED) is 0.506. The maximum absolute atomic E-state index is 11.8. The highest BCUT2D eigenvalue weighted by Crippen LogP contribution is 2.52. The van der Waals surface area contributed by atoms with Crippen molar-refractivity contribution in [2.45, 2.75) is 45.4 Å². The summed E-state index contributed by atoms with van der Waals surface area (Å²) in [5.41, 5.74) is 0. The van der Waals surface area contributed by atoms with Crippen LogP contribution in [0.3, 0.4) is 0 Å². The van der Waals surface area contributed by atoms with Crippen LogP contribution in [-0.4, -0.2) is 37.1 Å². The Morgan fingerprint density at radius 3 is 2.91 bits per heavy atom. The third-order valence-corrected chi connectivity index (χ3v) is 4.58. The molecule has 1 heterocycles. The molecule has 2 rings (SSSR count). The molecule has 130 valence electrons. The van der Waals surface area contributed by atoms with Crippen LogP contribution >= 0.6 is 0 Å². The Balaban J connectivity index is 1.72. The second kappa shape index (κ2) is 8.91. The first kappa shape index (κ1) is 17.8. The van der Waals surface area contributed by atoms with Crippen molar-refractivity contribution in [2.24, 2.45) is 17.8 Å². The summed E-state index contributed by atoms with van der Waals surface area (Å²) in [5, 5.41) is 0.945. The topological polar surface area (TPSA) is 65.1 Å². The molecule has 1 aliphatic heterocycles. The lowest BCUT2D eigenvalue weighted by Gasteiger charge is -2.17. The molecule has 23 heavy (non-hydrogen) atoms. The minimum Gasteiger partial charge on any atom is -0.432 e. The molecule has 0 N–H and O–H groups in total.